The molecule has 0 spiro atoms. The zero-order chi connectivity index (χ0) is 39.9. The van der Waals surface area contributed by atoms with Crippen molar-refractivity contribution in [3.8, 4) is 60.1 Å². The summed E-state index contributed by atoms with van der Waals surface area (Å²) in [6.07, 6.45) is -10.5. The van der Waals surface area contributed by atoms with Crippen molar-refractivity contribution in [2.24, 2.45) is 0 Å². The van der Waals surface area contributed by atoms with Gasteiger partial charge in [-0.25, -0.2) is 8.78 Å². The van der Waals surface area contributed by atoms with Crippen molar-refractivity contribution < 1.29 is 44.6 Å². The van der Waals surface area contributed by atoms with E-state index in [0.29, 0.717) is 12.1 Å². The zero-order valence-corrected chi connectivity index (χ0v) is 25.9. The first kappa shape index (κ1) is 36.9. The number of fused-ring (bicyclic) bond motifs is 2. The molecule has 258 valence electrons. The summed E-state index contributed by atoms with van der Waals surface area (Å²) in [6, 6.07) is 16.3. The number of allylic oxidation sites excluding steroid dienone is 8. The lowest BCUT2D eigenvalue weighted by Crippen LogP contribution is -2.17. The van der Waals surface area contributed by atoms with Gasteiger partial charge in [-0.05, 0) is 35.4 Å². The van der Waals surface area contributed by atoms with Crippen LogP contribution in [0, 0.1) is 102 Å². The van der Waals surface area contributed by atoms with Crippen LogP contribution < -0.4 is 9.47 Å². The second kappa shape index (κ2) is 13.4. The fourth-order valence-electron chi connectivity index (χ4n) is 5.93. The Hall–Kier alpha value is -8.42. The Morgan fingerprint density at radius 2 is 0.815 bits per heavy atom. The molecule has 0 saturated heterocycles. The molecule has 10 nitrogen and oxygen atoms in total. The number of hydrogen-bond acceptors (Lipinski definition) is 10. The van der Waals surface area contributed by atoms with Gasteiger partial charge in [0.25, 0.3) is 0 Å². The van der Waals surface area contributed by atoms with Crippen molar-refractivity contribution in [2.75, 3.05) is 0 Å². The molecule has 0 radical (unpaired) electrons. The maximum atomic E-state index is 17.3. The van der Waals surface area contributed by atoms with Gasteiger partial charge in [0, 0.05) is 44.5 Å². The summed E-state index contributed by atoms with van der Waals surface area (Å²) in [5.74, 6) is -5.27. The van der Waals surface area contributed by atoms with Gasteiger partial charge in [0.2, 0.25) is 0 Å². The Morgan fingerprint density at radius 1 is 0.481 bits per heavy atom. The third-order valence-corrected chi connectivity index (χ3v) is 7.78. The van der Waals surface area contributed by atoms with Gasteiger partial charge in [0.15, 0.2) is 0 Å². The second-order valence-corrected chi connectivity index (χ2v) is 10.5. The number of rotatable bonds is 4. The highest BCUT2D eigenvalue weighted by molar-refractivity contribution is 6.30. The highest BCUT2D eigenvalue weighted by atomic mass is 19.4. The predicted molar refractivity (Wildman–Crippen MR) is 163 cm³/mol. The number of alkyl halides is 6. The molecule has 54 heavy (non-hydrogen) atoms. The fraction of sp³-hybridized carbons (Fsp3) is 0.0556. The number of benzene rings is 3. The Kier molecular flexibility index (Phi) is 9.12. The van der Waals surface area contributed by atoms with E-state index in [0.717, 1.165) is 24.3 Å². The van der Waals surface area contributed by atoms with Crippen LogP contribution in [-0.4, -0.2) is 12.7 Å². The Balaban J connectivity index is 1.95. The van der Waals surface area contributed by atoms with Gasteiger partial charge in [0.05, 0.1) is 22.3 Å². The number of hydrogen-bond donors (Lipinski definition) is 0. The Morgan fingerprint density at radius 3 is 1.09 bits per heavy atom. The van der Waals surface area contributed by atoms with Crippen molar-refractivity contribution in [3.05, 3.63) is 104 Å². The summed E-state index contributed by atoms with van der Waals surface area (Å²) in [5.41, 5.74) is -12.9. The van der Waals surface area contributed by atoms with Crippen molar-refractivity contribution in [1.29, 1.82) is 42.1 Å². The van der Waals surface area contributed by atoms with Crippen LogP contribution in [-0.2, 0) is 0 Å². The first-order valence-electron chi connectivity index (χ1n) is 14.1. The number of ether oxygens (including phenoxy) is 2. The molecular formula is C36H6F8N8O2. The van der Waals surface area contributed by atoms with E-state index in [1.807, 2.05) is 0 Å². The monoisotopic (exact) mass is 734 g/mol. The summed E-state index contributed by atoms with van der Waals surface area (Å²) in [5, 5.41) is 79.3. The molecule has 0 aliphatic heterocycles. The maximum Gasteiger partial charge on any atom is 0.573 e. The standard InChI is InChI=1S/C36H6F8N8O2/c37-33-29-21(13-51)25(15-1-3-23(17(5-15)7-45)53-35(39,40)41)27(19(9-47)10-48)31(29)34(38)32-28(20(11-49)12-50)26(22(14-52)30(32)33)16-2-4-24(18(6-16)8-46)54-36(42,43)44/h1-6H. The molecule has 0 atom stereocenters. The normalized spacial score (nSPS) is 12.8. The summed E-state index contributed by atoms with van der Waals surface area (Å²) in [7, 11) is 0. The van der Waals surface area contributed by atoms with Crippen molar-refractivity contribution in [3.63, 3.8) is 0 Å². The van der Waals surface area contributed by atoms with Gasteiger partial charge in [-0.3, -0.25) is 0 Å². The average molecular weight is 734 g/mol. The number of halogens is 8. The quantitative estimate of drug-likeness (QED) is 0.186. The lowest BCUT2D eigenvalue weighted by atomic mass is 9.88. The van der Waals surface area contributed by atoms with E-state index in [1.54, 1.807) is 12.1 Å². The molecule has 0 saturated carbocycles. The molecular weight excluding hydrogens is 728 g/mol. The van der Waals surface area contributed by atoms with E-state index in [-0.39, 0.29) is 0 Å². The van der Waals surface area contributed by atoms with E-state index in [2.05, 4.69) is 9.47 Å². The zero-order valence-electron chi connectivity index (χ0n) is 25.9. The minimum atomic E-state index is -5.27. The molecule has 0 unspecified atom stereocenters. The first-order valence-corrected chi connectivity index (χ1v) is 14.1. The topological polar surface area (TPSA) is 209 Å². The third kappa shape index (κ3) is 5.91. The van der Waals surface area contributed by atoms with Crippen LogP contribution in [0.1, 0.15) is 44.5 Å². The maximum absolute atomic E-state index is 17.3. The largest absolute Gasteiger partial charge is 0.573 e. The van der Waals surface area contributed by atoms with Crippen LogP contribution in [0.15, 0.2) is 47.5 Å². The molecule has 0 N–H and O–H groups in total. The summed E-state index contributed by atoms with van der Waals surface area (Å²) < 4.78 is 120. The summed E-state index contributed by atoms with van der Waals surface area (Å²) in [6.45, 7) is 0. The van der Waals surface area contributed by atoms with Gasteiger partial charge >= 0.3 is 12.7 Å². The van der Waals surface area contributed by atoms with Crippen molar-refractivity contribution >= 4 is 33.4 Å². The Labute approximate surface area is 296 Å². The van der Waals surface area contributed by atoms with Gasteiger partial charge in [-0.1, -0.05) is 12.1 Å². The predicted octanol–water partition coefficient (Wildman–Crippen LogP) is 8.00. The van der Waals surface area contributed by atoms with Gasteiger partial charge in [-0.15, -0.1) is 26.3 Å². The minimum absolute atomic E-state index is 0.404. The third-order valence-electron chi connectivity index (χ3n) is 7.78. The van der Waals surface area contributed by atoms with Crippen molar-refractivity contribution in [1.82, 2.24) is 0 Å². The first-order chi connectivity index (χ1) is 25.5. The molecule has 2 aliphatic rings. The average Bonchev–Trinajstić information content (AvgIpc) is 3.65. The van der Waals surface area contributed by atoms with Crippen LogP contribution in [0.25, 0.3) is 33.4 Å². The van der Waals surface area contributed by atoms with Crippen LogP contribution in [0.2, 0.25) is 0 Å². The molecule has 18 heteroatoms. The molecule has 0 bridgehead atoms. The number of nitrogens with zero attached hydrogens (tertiary/aromatic N) is 8. The van der Waals surface area contributed by atoms with Crippen LogP contribution in [0.5, 0.6) is 11.5 Å². The summed E-state index contributed by atoms with van der Waals surface area (Å²) in [4.78, 5) is 0. The molecule has 2 aliphatic carbocycles. The highest BCUT2D eigenvalue weighted by Gasteiger charge is 2.44. The van der Waals surface area contributed by atoms with E-state index < -0.39 is 125 Å². The van der Waals surface area contributed by atoms with Gasteiger partial charge in [-0.2, -0.15) is 42.1 Å². The second-order valence-electron chi connectivity index (χ2n) is 10.5. The lowest BCUT2D eigenvalue weighted by Gasteiger charge is -2.15. The highest BCUT2D eigenvalue weighted by Crippen LogP contribution is 2.57. The van der Waals surface area contributed by atoms with Crippen LogP contribution >= 0.6 is 0 Å². The molecule has 5 rings (SSSR count). The van der Waals surface area contributed by atoms with E-state index >= 15 is 8.78 Å². The molecule has 3 aromatic carbocycles. The molecule has 3 aromatic rings. The van der Waals surface area contributed by atoms with Crippen molar-refractivity contribution in [2.45, 2.75) is 12.7 Å². The van der Waals surface area contributed by atoms with Crippen LogP contribution in [0.4, 0.5) is 35.1 Å². The van der Waals surface area contributed by atoms with Crippen LogP contribution in [0.3, 0.4) is 0 Å². The number of nitriles is 8. The molecule has 0 amide bonds. The Bertz CT molecular complexity index is 2530. The minimum Gasteiger partial charge on any atom is -0.404 e. The van der Waals surface area contributed by atoms with Gasteiger partial charge < -0.3 is 9.47 Å². The van der Waals surface area contributed by atoms with E-state index in [1.165, 1.54) is 36.4 Å². The summed E-state index contributed by atoms with van der Waals surface area (Å²) >= 11 is 0. The SMILES string of the molecule is N#CC(C#N)=C1C(c2ccc(OC(F)(F)F)c(C#N)c2)=C(C#N)c2c(F)c3c(c(F)c21)C(=C(C#N)C#N)C(c1ccc(OC(F)(F)F)c(C#N)c1)=C3C#N. The van der Waals surface area contributed by atoms with Gasteiger partial charge in [0.1, 0.15) is 82.8 Å². The molecule has 0 fully saturated rings. The fourth-order valence-corrected chi connectivity index (χ4v) is 5.93. The lowest BCUT2D eigenvalue weighted by molar-refractivity contribution is -0.275. The smallest absolute Gasteiger partial charge is 0.404 e. The molecule has 0 aromatic heterocycles. The van der Waals surface area contributed by atoms with E-state index in [9.17, 15) is 68.4 Å². The molecule has 0 heterocycles. The van der Waals surface area contributed by atoms with E-state index in [4.69, 9.17) is 0 Å².